The first-order valence-electron chi connectivity index (χ1n) is 7.06. The van der Waals surface area contributed by atoms with Crippen LogP contribution in [0.4, 0.5) is 5.69 Å². The minimum atomic E-state index is -0.483. The van der Waals surface area contributed by atoms with Crippen LogP contribution in [-0.4, -0.2) is 42.4 Å². The largest absolute Gasteiger partial charge is 0.399 e. The number of anilines is 1. The van der Waals surface area contributed by atoms with E-state index >= 15 is 0 Å². The Balaban J connectivity index is 1.89. The van der Waals surface area contributed by atoms with Crippen LogP contribution >= 0.6 is 0 Å². The second-order valence-electron chi connectivity index (χ2n) is 5.17. The minimum Gasteiger partial charge on any atom is -0.399 e. The second-order valence-corrected chi connectivity index (χ2v) is 5.17. The first kappa shape index (κ1) is 14.3. The number of ether oxygens (including phenoxy) is 1. The molecule has 4 nitrogen and oxygen atoms in total. The van der Waals surface area contributed by atoms with Crippen LogP contribution < -0.4 is 5.73 Å². The maximum atomic E-state index is 10.3. The van der Waals surface area contributed by atoms with Gasteiger partial charge in [0.25, 0.3) is 0 Å². The molecule has 1 heterocycles. The molecule has 1 aromatic rings. The molecule has 1 aliphatic rings. The Morgan fingerprint density at radius 2 is 2.37 bits per heavy atom. The molecule has 0 amide bonds. The Kier molecular flexibility index (Phi) is 5.19. The summed E-state index contributed by atoms with van der Waals surface area (Å²) in [6.45, 7) is 5.38. The summed E-state index contributed by atoms with van der Waals surface area (Å²) in [4.78, 5) is 2.28. The molecule has 2 rings (SSSR count). The van der Waals surface area contributed by atoms with Gasteiger partial charge < -0.3 is 15.6 Å². The maximum absolute atomic E-state index is 10.3. The molecule has 1 aliphatic heterocycles. The van der Waals surface area contributed by atoms with Gasteiger partial charge in [-0.15, -0.1) is 0 Å². The van der Waals surface area contributed by atoms with Gasteiger partial charge in [-0.3, -0.25) is 4.90 Å². The summed E-state index contributed by atoms with van der Waals surface area (Å²) in [5, 5.41) is 10.3. The average Bonchev–Trinajstić information content (AvgIpc) is 2.39. The summed E-state index contributed by atoms with van der Waals surface area (Å²) in [7, 11) is 0. The van der Waals surface area contributed by atoms with E-state index in [-0.39, 0.29) is 0 Å². The Hall–Kier alpha value is -1.10. The number of nitrogen functional groups attached to an aromatic ring is 1. The number of β-amino-alcohol motifs (C(OH)–C–C–N with tert-alkyl or cyclic N) is 1. The summed E-state index contributed by atoms with van der Waals surface area (Å²) < 4.78 is 5.68. The molecule has 1 saturated heterocycles. The van der Waals surface area contributed by atoms with E-state index in [1.165, 1.54) is 0 Å². The molecule has 1 aromatic carbocycles. The molecule has 0 radical (unpaired) electrons. The summed E-state index contributed by atoms with van der Waals surface area (Å²) in [5.41, 5.74) is 7.33. The zero-order valence-corrected chi connectivity index (χ0v) is 11.6. The number of nitrogens with zero attached hydrogens (tertiary/aromatic N) is 1. The third-order valence-corrected chi connectivity index (χ3v) is 3.59. The second kappa shape index (κ2) is 6.89. The molecule has 0 spiro atoms. The SMILES string of the molecule is CCOC1CCCN(CC(O)c2cccc(N)c2)C1. The zero-order valence-electron chi connectivity index (χ0n) is 11.6. The summed E-state index contributed by atoms with van der Waals surface area (Å²) in [5.74, 6) is 0. The number of nitrogens with two attached hydrogens (primary N) is 1. The number of hydrogen-bond acceptors (Lipinski definition) is 4. The maximum Gasteiger partial charge on any atom is 0.0917 e. The fraction of sp³-hybridized carbons (Fsp3) is 0.600. The molecule has 2 unspecified atom stereocenters. The van der Waals surface area contributed by atoms with E-state index in [4.69, 9.17) is 10.5 Å². The van der Waals surface area contributed by atoms with Crippen LogP contribution in [0.2, 0.25) is 0 Å². The van der Waals surface area contributed by atoms with Crippen molar-refractivity contribution in [3.8, 4) is 0 Å². The molecule has 0 saturated carbocycles. The van der Waals surface area contributed by atoms with Crippen molar-refractivity contribution in [1.82, 2.24) is 4.90 Å². The number of hydrogen-bond donors (Lipinski definition) is 2. The van der Waals surface area contributed by atoms with Crippen molar-refractivity contribution in [3.05, 3.63) is 29.8 Å². The number of piperidine rings is 1. The van der Waals surface area contributed by atoms with E-state index in [1.807, 2.05) is 31.2 Å². The number of likely N-dealkylation sites (tertiary alicyclic amines) is 1. The lowest BCUT2D eigenvalue weighted by molar-refractivity contribution is -0.00705. The van der Waals surface area contributed by atoms with Crippen LogP contribution in [0.3, 0.4) is 0 Å². The van der Waals surface area contributed by atoms with Gasteiger partial charge in [0.15, 0.2) is 0 Å². The van der Waals surface area contributed by atoms with Crippen LogP contribution in [0.1, 0.15) is 31.4 Å². The Morgan fingerprint density at radius 3 is 3.11 bits per heavy atom. The van der Waals surface area contributed by atoms with Crippen molar-refractivity contribution in [2.75, 3.05) is 32.0 Å². The third-order valence-electron chi connectivity index (χ3n) is 3.59. The summed E-state index contributed by atoms with van der Waals surface area (Å²) in [6, 6.07) is 7.48. The van der Waals surface area contributed by atoms with Crippen molar-refractivity contribution in [2.45, 2.75) is 32.0 Å². The summed E-state index contributed by atoms with van der Waals surface area (Å²) in [6.07, 6.45) is 2.09. The highest BCUT2D eigenvalue weighted by Gasteiger charge is 2.22. The number of aliphatic hydroxyl groups is 1. The highest BCUT2D eigenvalue weighted by Crippen LogP contribution is 2.20. The molecule has 4 heteroatoms. The van der Waals surface area contributed by atoms with Crippen LogP contribution in [0, 0.1) is 0 Å². The van der Waals surface area contributed by atoms with Crippen molar-refractivity contribution in [1.29, 1.82) is 0 Å². The molecule has 19 heavy (non-hydrogen) atoms. The van der Waals surface area contributed by atoms with Gasteiger partial charge in [-0.25, -0.2) is 0 Å². The number of aliphatic hydroxyl groups excluding tert-OH is 1. The molecule has 0 aliphatic carbocycles. The Labute approximate surface area is 115 Å². The lowest BCUT2D eigenvalue weighted by Crippen LogP contribution is -2.41. The van der Waals surface area contributed by atoms with Crippen LogP contribution in [-0.2, 0) is 4.74 Å². The molecule has 1 fully saturated rings. The molecule has 0 aromatic heterocycles. The molecular formula is C15H24N2O2. The van der Waals surface area contributed by atoms with Gasteiger partial charge in [0, 0.05) is 25.4 Å². The Morgan fingerprint density at radius 1 is 1.53 bits per heavy atom. The Bertz CT molecular complexity index is 395. The molecular weight excluding hydrogens is 240 g/mol. The van der Waals surface area contributed by atoms with Crippen LogP contribution in [0.5, 0.6) is 0 Å². The standard InChI is InChI=1S/C15H24N2O2/c1-2-19-14-7-4-8-17(10-14)11-15(18)12-5-3-6-13(16)9-12/h3,5-6,9,14-15,18H,2,4,7-8,10-11,16H2,1H3. The number of benzene rings is 1. The number of rotatable bonds is 5. The monoisotopic (exact) mass is 264 g/mol. The quantitative estimate of drug-likeness (QED) is 0.796. The molecule has 2 atom stereocenters. The minimum absolute atomic E-state index is 0.312. The fourth-order valence-corrected chi connectivity index (χ4v) is 2.67. The van der Waals surface area contributed by atoms with Gasteiger partial charge >= 0.3 is 0 Å². The van der Waals surface area contributed by atoms with E-state index < -0.39 is 6.10 Å². The van der Waals surface area contributed by atoms with Gasteiger partial charge in [-0.1, -0.05) is 12.1 Å². The van der Waals surface area contributed by atoms with Crippen molar-refractivity contribution < 1.29 is 9.84 Å². The van der Waals surface area contributed by atoms with Crippen LogP contribution in [0.25, 0.3) is 0 Å². The van der Waals surface area contributed by atoms with E-state index in [2.05, 4.69) is 4.90 Å². The van der Waals surface area contributed by atoms with Crippen molar-refractivity contribution >= 4 is 5.69 Å². The van der Waals surface area contributed by atoms with Gasteiger partial charge in [0.1, 0.15) is 0 Å². The molecule has 106 valence electrons. The lowest BCUT2D eigenvalue weighted by atomic mass is 10.0. The van der Waals surface area contributed by atoms with Gasteiger partial charge in [0.2, 0.25) is 0 Å². The highest BCUT2D eigenvalue weighted by molar-refractivity contribution is 5.41. The predicted molar refractivity (Wildman–Crippen MR) is 76.9 cm³/mol. The lowest BCUT2D eigenvalue weighted by Gasteiger charge is -2.33. The van der Waals surface area contributed by atoms with E-state index in [0.29, 0.717) is 18.3 Å². The van der Waals surface area contributed by atoms with Gasteiger partial charge in [-0.05, 0) is 44.0 Å². The highest BCUT2D eigenvalue weighted by atomic mass is 16.5. The van der Waals surface area contributed by atoms with E-state index in [9.17, 15) is 5.11 Å². The average molecular weight is 264 g/mol. The third kappa shape index (κ3) is 4.20. The smallest absolute Gasteiger partial charge is 0.0917 e. The van der Waals surface area contributed by atoms with E-state index in [1.54, 1.807) is 0 Å². The topological polar surface area (TPSA) is 58.7 Å². The van der Waals surface area contributed by atoms with Crippen molar-refractivity contribution in [3.63, 3.8) is 0 Å². The zero-order chi connectivity index (χ0) is 13.7. The van der Waals surface area contributed by atoms with Gasteiger partial charge in [0.05, 0.1) is 12.2 Å². The first-order valence-corrected chi connectivity index (χ1v) is 7.06. The van der Waals surface area contributed by atoms with Crippen LogP contribution in [0.15, 0.2) is 24.3 Å². The normalized spacial score (nSPS) is 22.3. The van der Waals surface area contributed by atoms with E-state index in [0.717, 1.165) is 38.1 Å². The van der Waals surface area contributed by atoms with Crippen molar-refractivity contribution in [2.24, 2.45) is 0 Å². The fourth-order valence-electron chi connectivity index (χ4n) is 2.67. The summed E-state index contributed by atoms with van der Waals surface area (Å²) >= 11 is 0. The molecule has 0 bridgehead atoms. The first-order chi connectivity index (χ1) is 9.19. The predicted octanol–water partition coefficient (Wildman–Crippen LogP) is 1.80. The van der Waals surface area contributed by atoms with Gasteiger partial charge in [-0.2, -0.15) is 0 Å². The molecule has 3 N–H and O–H groups in total.